The maximum Gasteiger partial charge on any atom is 0.157 e. The molecular formula is C10H20N2S2. The van der Waals surface area contributed by atoms with E-state index in [9.17, 15) is 0 Å². The zero-order valence-electron chi connectivity index (χ0n) is 9.25. The van der Waals surface area contributed by atoms with Crippen molar-refractivity contribution in [1.29, 1.82) is 0 Å². The second kappa shape index (κ2) is 6.62. The highest BCUT2D eigenvalue weighted by Crippen LogP contribution is 2.19. The van der Waals surface area contributed by atoms with E-state index >= 15 is 0 Å². The zero-order valence-corrected chi connectivity index (χ0v) is 10.9. The van der Waals surface area contributed by atoms with Crippen LogP contribution in [0.3, 0.4) is 0 Å². The third-order valence-corrected chi connectivity index (χ3v) is 4.32. The second-order valence-corrected chi connectivity index (χ2v) is 5.84. The van der Waals surface area contributed by atoms with Gasteiger partial charge < -0.3 is 5.32 Å². The lowest BCUT2D eigenvalue weighted by Crippen LogP contribution is -2.31. The first-order valence-electron chi connectivity index (χ1n) is 5.31. The summed E-state index contributed by atoms with van der Waals surface area (Å²) in [6.07, 6.45) is 1.16. The Kier molecular flexibility index (Phi) is 5.78. The van der Waals surface area contributed by atoms with Crippen LogP contribution in [0.1, 0.15) is 27.2 Å². The summed E-state index contributed by atoms with van der Waals surface area (Å²) in [6.45, 7) is 6.63. The average molecular weight is 232 g/mol. The first-order valence-corrected chi connectivity index (χ1v) is 7.45. The fourth-order valence-corrected chi connectivity index (χ4v) is 3.09. The molecule has 82 valence electrons. The molecule has 0 spiro atoms. The fraction of sp³-hybridized carbons (Fsp3) is 0.900. The van der Waals surface area contributed by atoms with Crippen molar-refractivity contribution in [2.45, 2.75) is 39.3 Å². The van der Waals surface area contributed by atoms with Crippen molar-refractivity contribution in [3.63, 3.8) is 0 Å². The van der Waals surface area contributed by atoms with E-state index in [1.807, 2.05) is 23.5 Å². The summed E-state index contributed by atoms with van der Waals surface area (Å²) in [5, 5.41) is 4.62. The molecule has 2 nitrogen and oxygen atoms in total. The number of nitrogens with one attached hydrogen (secondary N) is 1. The van der Waals surface area contributed by atoms with E-state index in [2.05, 4.69) is 31.1 Å². The summed E-state index contributed by atoms with van der Waals surface area (Å²) >= 11 is 3.85. The Labute approximate surface area is 95.7 Å². The SMILES string of the molecule is CCSCC(C)NC1=NC(CC)CS1. The highest BCUT2D eigenvalue weighted by molar-refractivity contribution is 8.14. The topological polar surface area (TPSA) is 24.4 Å². The molecule has 1 N–H and O–H groups in total. The van der Waals surface area contributed by atoms with Crippen molar-refractivity contribution >= 4 is 28.7 Å². The zero-order chi connectivity index (χ0) is 10.4. The van der Waals surface area contributed by atoms with Gasteiger partial charge >= 0.3 is 0 Å². The summed E-state index contributed by atoms with van der Waals surface area (Å²) in [5.41, 5.74) is 0. The van der Waals surface area contributed by atoms with Crippen LogP contribution in [0.5, 0.6) is 0 Å². The van der Waals surface area contributed by atoms with Gasteiger partial charge in [-0.1, -0.05) is 25.6 Å². The molecule has 0 saturated carbocycles. The molecule has 0 bridgehead atoms. The predicted octanol–water partition coefficient (Wildman–Crippen LogP) is 2.60. The van der Waals surface area contributed by atoms with Crippen molar-refractivity contribution in [2.75, 3.05) is 17.3 Å². The molecule has 14 heavy (non-hydrogen) atoms. The number of aliphatic imine (C=N–C) groups is 1. The maximum absolute atomic E-state index is 4.61. The number of hydrogen-bond acceptors (Lipinski definition) is 4. The highest BCUT2D eigenvalue weighted by atomic mass is 32.2. The van der Waals surface area contributed by atoms with E-state index in [1.165, 1.54) is 11.5 Å². The number of hydrogen-bond donors (Lipinski definition) is 1. The third-order valence-electron chi connectivity index (χ3n) is 2.13. The minimum Gasteiger partial charge on any atom is -0.362 e. The van der Waals surface area contributed by atoms with Gasteiger partial charge in [0.2, 0.25) is 0 Å². The monoisotopic (exact) mass is 232 g/mol. The first-order chi connectivity index (χ1) is 6.76. The number of amidine groups is 1. The van der Waals surface area contributed by atoms with Gasteiger partial charge in [-0.05, 0) is 19.1 Å². The largest absolute Gasteiger partial charge is 0.362 e. The second-order valence-electron chi connectivity index (χ2n) is 3.51. The number of rotatable bonds is 5. The van der Waals surface area contributed by atoms with Crippen LogP contribution in [0.4, 0.5) is 0 Å². The quantitative estimate of drug-likeness (QED) is 0.788. The van der Waals surface area contributed by atoms with Gasteiger partial charge in [0, 0.05) is 17.5 Å². The summed E-state index contributed by atoms with van der Waals surface area (Å²) in [7, 11) is 0. The Morgan fingerprint density at radius 2 is 2.43 bits per heavy atom. The highest BCUT2D eigenvalue weighted by Gasteiger charge is 2.17. The van der Waals surface area contributed by atoms with Crippen LogP contribution < -0.4 is 5.32 Å². The van der Waals surface area contributed by atoms with Crippen LogP contribution in [0, 0.1) is 0 Å². The van der Waals surface area contributed by atoms with E-state index in [1.54, 1.807) is 0 Å². The minimum atomic E-state index is 0.543. The van der Waals surface area contributed by atoms with Crippen LogP contribution in [0.15, 0.2) is 4.99 Å². The van der Waals surface area contributed by atoms with E-state index in [0.29, 0.717) is 12.1 Å². The smallest absolute Gasteiger partial charge is 0.157 e. The molecule has 4 heteroatoms. The van der Waals surface area contributed by atoms with Crippen molar-refractivity contribution in [1.82, 2.24) is 5.32 Å². The van der Waals surface area contributed by atoms with Crippen molar-refractivity contribution < 1.29 is 0 Å². The van der Waals surface area contributed by atoms with E-state index in [-0.39, 0.29) is 0 Å². The molecule has 0 aliphatic carbocycles. The van der Waals surface area contributed by atoms with Gasteiger partial charge in [-0.2, -0.15) is 11.8 Å². The Morgan fingerprint density at radius 1 is 1.64 bits per heavy atom. The summed E-state index contributed by atoms with van der Waals surface area (Å²) in [6, 6.07) is 1.09. The summed E-state index contributed by atoms with van der Waals surface area (Å²) in [4.78, 5) is 4.61. The molecule has 1 rings (SSSR count). The van der Waals surface area contributed by atoms with Gasteiger partial charge in [0.1, 0.15) is 0 Å². The molecule has 0 fully saturated rings. The van der Waals surface area contributed by atoms with Gasteiger partial charge in [0.25, 0.3) is 0 Å². The number of nitrogens with zero attached hydrogens (tertiary/aromatic N) is 1. The van der Waals surface area contributed by atoms with E-state index in [0.717, 1.165) is 17.3 Å². The minimum absolute atomic E-state index is 0.543. The molecule has 0 aromatic rings. The van der Waals surface area contributed by atoms with Gasteiger partial charge in [-0.3, -0.25) is 4.99 Å². The average Bonchev–Trinajstić information content (AvgIpc) is 2.62. The maximum atomic E-state index is 4.61. The van der Waals surface area contributed by atoms with Gasteiger partial charge in [0.15, 0.2) is 5.17 Å². The van der Waals surface area contributed by atoms with E-state index in [4.69, 9.17) is 0 Å². The fourth-order valence-electron chi connectivity index (χ4n) is 1.25. The summed E-state index contributed by atoms with van der Waals surface area (Å²) < 4.78 is 0. The van der Waals surface area contributed by atoms with Gasteiger partial charge in [0.05, 0.1) is 6.04 Å². The van der Waals surface area contributed by atoms with Crippen LogP contribution in [0.25, 0.3) is 0 Å². The van der Waals surface area contributed by atoms with Crippen molar-refractivity contribution in [3.8, 4) is 0 Å². The standard InChI is InChI=1S/C10H20N2S2/c1-4-9-7-14-10(12-9)11-8(3)6-13-5-2/h8-9H,4-7H2,1-3H3,(H,11,12). The normalized spacial score (nSPS) is 23.4. The molecule has 0 radical (unpaired) electrons. The lowest BCUT2D eigenvalue weighted by molar-refractivity contribution is 0.715. The van der Waals surface area contributed by atoms with Crippen LogP contribution in [-0.2, 0) is 0 Å². The van der Waals surface area contributed by atoms with Crippen LogP contribution >= 0.6 is 23.5 Å². The molecule has 0 aromatic heterocycles. The predicted molar refractivity (Wildman–Crippen MR) is 69.6 cm³/mol. The number of thioether (sulfide) groups is 2. The molecule has 0 aromatic carbocycles. The van der Waals surface area contributed by atoms with Gasteiger partial charge in [-0.25, -0.2) is 0 Å². The molecule has 1 aliphatic rings. The molecular weight excluding hydrogens is 212 g/mol. The van der Waals surface area contributed by atoms with Gasteiger partial charge in [-0.15, -0.1) is 0 Å². The lowest BCUT2D eigenvalue weighted by atomic mass is 10.3. The first kappa shape index (κ1) is 12.2. The third kappa shape index (κ3) is 4.13. The molecule has 1 aliphatic heterocycles. The Morgan fingerprint density at radius 3 is 3.00 bits per heavy atom. The molecule has 0 saturated heterocycles. The van der Waals surface area contributed by atoms with Crippen LogP contribution in [-0.4, -0.2) is 34.5 Å². The Hall–Kier alpha value is 0.170. The molecule has 0 amide bonds. The molecule has 2 atom stereocenters. The Bertz CT molecular complexity index is 195. The summed E-state index contributed by atoms with van der Waals surface area (Å²) in [5.74, 6) is 3.53. The lowest BCUT2D eigenvalue weighted by Gasteiger charge is -2.13. The molecule has 2 unspecified atom stereocenters. The van der Waals surface area contributed by atoms with Crippen molar-refractivity contribution in [3.05, 3.63) is 0 Å². The van der Waals surface area contributed by atoms with Crippen molar-refractivity contribution in [2.24, 2.45) is 4.99 Å². The van der Waals surface area contributed by atoms with E-state index < -0.39 is 0 Å². The van der Waals surface area contributed by atoms with Crippen LogP contribution in [0.2, 0.25) is 0 Å². The molecule has 1 heterocycles. The Balaban J connectivity index is 2.23.